The van der Waals surface area contributed by atoms with Gasteiger partial charge in [0.05, 0.1) is 19.8 Å². The number of carbonyl (C=O) groups is 1. The number of ether oxygens (including phenoxy) is 2. The zero-order valence-electron chi connectivity index (χ0n) is 6.60. The summed E-state index contributed by atoms with van der Waals surface area (Å²) in [6.45, 7) is 5.75. The first-order valence-corrected chi connectivity index (χ1v) is 3.39. The summed E-state index contributed by atoms with van der Waals surface area (Å²) in [5.41, 5.74) is 0. The molecule has 1 fully saturated rings. The van der Waals surface area contributed by atoms with E-state index in [1.807, 2.05) is 0 Å². The number of carboxylic acid groups (broad SMARTS) is 2. The predicted octanol–water partition coefficient (Wildman–Crippen LogP) is 0.810. The lowest BCUT2D eigenvalue weighted by atomic mass is 10.5. The second-order valence-corrected chi connectivity index (χ2v) is 2.06. The SMILES string of the molecule is C=CCOCC1CO1.O=C(O)O. The monoisotopic (exact) mass is 176 g/mol. The third kappa shape index (κ3) is 11.7. The Bertz CT molecular complexity index is 137. The Morgan fingerprint density at radius 1 is 1.75 bits per heavy atom. The number of hydrogen-bond donors (Lipinski definition) is 2. The third-order valence-corrected chi connectivity index (χ3v) is 0.942. The second kappa shape index (κ2) is 6.63. The fourth-order valence-electron chi connectivity index (χ4n) is 0.447. The molecule has 1 aliphatic rings. The lowest BCUT2D eigenvalue weighted by molar-refractivity contribution is 0.137. The van der Waals surface area contributed by atoms with Crippen LogP contribution in [0.1, 0.15) is 0 Å². The summed E-state index contributed by atoms with van der Waals surface area (Å²) in [7, 11) is 0. The Morgan fingerprint density at radius 3 is 2.58 bits per heavy atom. The van der Waals surface area contributed by atoms with Gasteiger partial charge in [0.15, 0.2) is 0 Å². The average Bonchev–Trinajstić information content (AvgIpc) is 2.70. The molecule has 5 nitrogen and oxygen atoms in total. The average molecular weight is 176 g/mol. The highest BCUT2D eigenvalue weighted by atomic mass is 16.6. The molecule has 0 aromatic heterocycles. The molecule has 0 aliphatic carbocycles. The van der Waals surface area contributed by atoms with Crippen LogP contribution >= 0.6 is 0 Å². The molecule has 1 heterocycles. The fourth-order valence-corrected chi connectivity index (χ4v) is 0.447. The van der Waals surface area contributed by atoms with Gasteiger partial charge in [0.25, 0.3) is 0 Å². The minimum Gasteiger partial charge on any atom is -0.450 e. The first-order valence-electron chi connectivity index (χ1n) is 3.39. The summed E-state index contributed by atoms with van der Waals surface area (Å²) in [5.74, 6) is 0. The van der Waals surface area contributed by atoms with Crippen LogP contribution in [0.25, 0.3) is 0 Å². The van der Waals surface area contributed by atoms with Crippen LogP contribution in [-0.2, 0) is 9.47 Å². The van der Waals surface area contributed by atoms with Crippen molar-refractivity contribution >= 4 is 6.16 Å². The van der Waals surface area contributed by atoms with Crippen molar-refractivity contribution in [2.45, 2.75) is 6.10 Å². The van der Waals surface area contributed by atoms with Gasteiger partial charge in [0.1, 0.15) is 6.10 Å². The molecule has 70 valence electrons. The molecule has 0 aromatic rings. The van der Waals surface area contributed by atoms with E-state index >= 15 is 0 Å². The van der Waals surface area contributed by atoms with Gasteiger partial charge < -0.3 is 19.7 Å². The molecular weight excluding hydrogens is 164 g/mol. The Kier molecular flexibility index (Phi) is 6.04. The van der Waals surface area contributed by atoms with E-state index in [4.69, 9.17) is 24.5 Å². The molecule has 0 amide bonds. The third-order valence-electron chi connectivity index (χ3n) is 0.942. The van der Waals surface area contributed by atoms with E-state index in [1.54, 1.807) is 6.08 Å². The molecule has 0 spiro atoms. The summed E-state index contributed by atoms with van der Waals surface area (Å²) in [6.07, 6.45) is 0.289. The molecule has 0 bridgehead atoms. The normalized spacial score (nSPS) is 18.8. The van der Waals surface area contributed by atoms with Crippen LogP contribution in [0.5, 0.6) is 0 Å². The molecule has 0 saturated carbocycles. The first-order chi connectivity index (χ1) is 5.66. The summed E-state index contributed by atoms with van der Waals surface area (Å²) in [6, 6.07) is 0. The minimum atomic E-state index is -1.83. The molecule has 1 saturated heterocycles. The molecule has 2 N–H and O–H groups in total. The largest absolute Gasteiger partial charge is 0.503 e. The molecule has 0 aromatic carbocycles. The van der Waals surface area contributed by atoms with E-state index in [-0.39, 0.29) is 0 Å². The van der Waals surface area contributed by atoms with Crippen molar-refractivity contribution in [1.82, 2.24) is 0 Å². The summed E-state index contributed by atoms with van der Waals surface area (Å²) in [4.78, 5) is 8.56. The number of hydrogen-bond acceptors (Lipinski definition) is 3. The van der Waals surface area contributed by atoms with Gasteiger partial charge in [-0.1, -0.05) is 6.08 Å². The van der Waals surface area contributed by atoms with Crippen molar-refractivity contribution in [2.24, 2.45) is 0 Å². The van der Waals surface area contributed by atoms with Crippen LogP contribution in [0.3, 0.4) is 0 Å². The second-order valence-electron chi connectivity index (χ2n) is 2.06. The molecule has 12 heavy (non-hydrogen) atoms. The minimum absolute atomic E-state index is 0.384. The van der Waals surface area contributed by atoms with E-state index in [1.165, 1.54) is 0 Å². The Hall–Kier alpha value is -1.07. The van der Waals surface area contributed by atoms with Crippen molar-refractivity contribution in [3.05, 3.63) is 12.7 Å². The topological polar surface area (TPSA) is 79.3 Å². The van der Waals surface area contributed by atoms with Crippen molar-refractivity contribution in [1.29, 1.82) is 0 Å². The van der Waals surface area contributed by atoms with E-state index in [2.05, 4.69) is 6.58 Å². The maximum atomic E-state index is 8.56. The lowest BCUT2D eigenvalue weighted by Crippen LogP contribution is -2.00. The van der Waals surface area contributed by atoms with Crippen LogP contribution in [-0.4, -0.2) is 42.3 Å². The van der Waals surface area contributed by atoms with Gasteiger partial charge in [0.2, 0.25) is 0 Å². The summed E-state index contributed by atoms with van der Waals surface area (Å²) < 4.78 is 9.96. The molecule has 1 rings (SSSR count). The molecule has 5 heteroatoms. The Labute approximate surface area is 70.2 Å². The maximum absolute atomic E-state index is 8.56. The van der Waals surface area contributed by atoms with Gasteiger partial charge in [-0.15, -0.1) is 6.58 Å². The Morgan fingerprint density at radius 2 is 2.25 bits per heavy atom. The highest BCUT2D eigenvalue weighted by Gasteiger charge is 2.21. The molecule has 1 aliphatic heterocycles. The standard InChI is InChI=1S/C6H10O2.CH2O3/c1-2-3-7-4-6-5-8-6;2-1(3)4/h2,6H,1,3-5H2;(H2,2,3,4). The summed E-state index contributed by atoms with van der Waals surface area (Å²) in [5, 5.41) is 13.9. The maximum Gasteiger partial charge on any atom is 0.503 e. The quantitative estimate of drug-likeness (QED) is 0.376. The van der Waals surface area contributed by atoms with Gasteiger partial charge >= 0.3 is 6.16 Å². The highest BCUT2D eigenvalue weighted by molar-refractivity contribution is 5.53. The van der Waals surface area contributed by atoms with E-state index < -0.39 is 6.16 Å². The zero-order chi connectivity index (χ0) is 9.40. The fraction of sp³-hybridized carbons (Fsp3) is 0.571. The molecular formula is C7H12O5. The van der Waals surface area contributed by atoms with Crippen LogP contribution in [0.2, 0.25) is 0 Å². The lowest BCUT2D eigenvalue weighted by Gasteiger charge is -1.92. The number of epoxide rings is 1. The molecule has 1 atom stereocenters. The van der Waals surface area contributed by atoms with Gasteiger partial charge in [0, 0.05) is 0 Å². The van der Waals surface area contributed by atoms with Gasteiger partial charge in [-0.25, -0.2) is 4.79 Å². The van der Waals surface area contributed by atoms with Crippen LogP contribution in [0.15, 0.2) is 12.7 Å². The zero-order valence-corrected chi connectivity index (χ0v) is 6.60. The Balaban J connectivity index is 0.000000261. The highest BCUT2D eigenvalue weighted by Crippen LogP contribution is 2.07. The van der Waals surface area contributed by atoms with Crippen molar-refractivity contribution < 1.29 is 24.5 Å². The first kappa shape index (κ1) is 10.9. The van der Waals surface area contributed by atoms with Crippen LogP contribution < -0.4 is 0 Å². The number of rotatable bonds is 4. The molecule has 0 radical (unpaired) electrons. The van der Waals surface area contributed by atoms with E-state index in [0.29, 0.717) is 12.7 Å². The van der Waals surface area contributed by atoms with E-state index in [9.17, 15) is 0 Å². The van der Waals surface area contributed by atoms with Crippen molar-refractivity contribution in [3.8, 4) is 0 Å². The predicted molar refractivity (Wildman–Crippen MR) is 41.4 cm³/mol. The molecule has 1 unspecified atom stereocenters. The van der Waals surface area contributed by atoms with Gasteiger partial charge in [-0.3, -0.25) is 0 Å². The van der Waals surface area contributed by atoms with Crippen molar-refractivity contribution in [2.75, 3.05) is 19.8 Å². The smallest absolute Gasteiger partial charge is 0.450 e. The van der Waals surface area contributed by atoms with E-state index in [0.717, 1.165) is 13.2 Å². The van der Waals surface area contributed by atoms with Crippen molar-refractivity contribution in [3.63, 3.8) is 0 Å². The van der Waals surface area contributed by atoms with Gasteiger partial charge in [-0.2, -0.15) is 0 Å². The van der Waals surface area contributed by atoms with Crippen LogP contribution in [0.4, 0.5) is 4.79 Å². The summed E-state index contributed by atoms with van der Waals surface area (Å²) >= 11 is 0. The van der Waals surface area contributed by atoms with Crippen LogP contribution in [0, 0.1) is 0 Å². The van der Waals surface area contributed by atoms with Gasteiger partial charge in [-0.05, 0) is 0 Å².